The van der Waals surface area contributed by atoms with Gasteiger partial charge in [0.2, 0.25) is 0 Å². The monoisotopic (exact) mass is 306 g/mol. The third kappa shape index (κ3) is 3.71. The Balaban J connectivity index is 2.00. The molecule has 1 atom stereocenters. The summed E-state index contributed by atoms with van der Waals surface area (Å²) in [6.45, 7) is 6.12. The average molecular weight is 306 g/mol. The van der Waals surface area contributed by atoms with Crippen LogP contribution in [0, 0.1) is 5.41 Å². The minimum atomic E-state index is -0.0934. The second-order valence-corrected chi connectivity index (χ2v) is 6.38. The summed E-state index contributed by atoms with van der Waals surface area (Å²) in [6, 6.07) is 5.49. The molecule has 1 aliphatic rings. The molecule has 1 unspecified atom stereocenters. The number of hydrogen-bond donors (Lipinski definition) is 2. The van der Waals surface area contributed by atoms with E-state index in [0.717, 1.165) is 6.54 Å². The minimum absolute atomic E-state index is 0.0934. The first-order valence-electron chi connectivity index (χ1n) is 7.71. The maximum atomic E-state index is 12.3. The zero-order valence-electron chi connectivity index (χ0n) is 13.9. The summed E-state index contributed by atoms with van der Waals surface area (Å²) >= 11 is 0. The van der Waals surface area contributed by atoms with Gasteiger partial charge in [-0.2, -0.15) is 0 Å². The number of hydrogen-bond acceptors (Lipinski definition) is 4. The molecule has 0 aromatic heterocycles. The number of rotatable bonds is 5. The number of nitrogens with one attached hydrogen (secondary N) is 2. The molecule has 1 aromatic rings. The lowest BCUT2D eigenvalue weighted by Crippen LogP contribution is -2.52. The standard InChI is InChI=1S/C17H26N2O3/c1-17(2)8-5-9-18-15(17)11-19-16(20)12-6-7-13(21-3)14(10-12)22-4/h6-7,10,15,18H,5,8-9,11H2,1-4H3,(H,19,20). The van der Waals surface area contributed by atoms with E-state index < -0.39 is 0 Å². The van der Waals surface area contributed by atoms with Crippen molar-refractivity contribution in [3.8, 4) is 11.5 Å². The fourth-order valence-electron chi connectivity index (χ4n) is 2.89. The van der Waals surface area contributed by atoms with E-state index in [1.165, 1.54) is 12.8 Å². The Labute approximate surface area is 132 Å². The Morgan fingerprint density at radius 2 is 2.05 bits per heavy atom. The van der Waals surface area contributed by atoms with Gasteiger partial charge < -0.3 is 20.1 Å². The van der Waals surface area contributed by atoms with E-state index in [9.17, 15) is 4.79 Å². The van der Waals surface area contributed by atoms with Crippen molar-refractivity contribution in [3.05, 3.63) is 23.8 Å². The summed E-state index contributed by atoms with van der Waals surface area (Å²) in [4.78, 5) is 12.3. The molecule has 122 valence electrons. The minimum Gasteiger partial charge on any atom is -0.493 e. The molecule has 1 aromatic carbocycles. The van der Waals surface area contributed by atoms with Gasteiger partial charge in [-0.3, -0.25) is 4.79 Å². The third-order valence-corrected chi connectivity index (χ3v) is 4.44. The summed E-state index contributed by atoms with van der Waals surface area (Å²) in [5.74, 6) is 1.09. The predicted octanol–water partition coefficient (Wildman–Crippen LogP) is 2.21. The molecule has 5 heteroatoms. The second kappa shape index (κ2) is 7.01. The predicted molar refractivity (Wildman–Crippen MR) is 86.7 cm³/mol. The van der Waals surface area contributed by atoms with Gasteiger partial charge in [-0.25, -0.2) is 0 Å². The maximum absolute atomic E-state index is 12.3. The number of ether oxygens (including phenoxy) is 2. The van der Waals surface area contributed by atoms with Crippen molar-refractivity contribution in [1.29, 1.82) is 0 Å². The van der Waals surface area contributed by atoms with Gasteiger partial charge in [-0.05, 0) is 43.0 Å². The summed E-state index contributed by atoms with van der Waals surface area (Å²) < 4.78 is 10.4. The highest BCUT2D eigenvalue weighted by molar-refractivity contribution is 5.94. The van der Waals surface area contributed by atoms with Crippen LogP contribution in [0.25, 0.3) is 0 Å². The number of piperidine rings is 1. The highest BCUT2D eigenvalue weighted by Gasteiger charge is 2.32. The van der Waals surface area contributed by atoms with Crippen molar-refractivity contribution in [2.24, 2.45) is 5.41 Å². The maximum Gasteiger partial charge on any atom is 0.251 e. The van der Waals surface area contributed by atoms with Gasteiger partial charge in [0.1, 0.15) is 0 Å². The van der Waals surface area contributed by atoms with E-state index in [0.29, 0.717) is 29.6 Å². The van der Waals surface area contributed by atoms with Crippen molar-refractivity contribution >= 4 is 5.91 Å². The van der Waals surface area contributed by atoms with Crippen molar-refractivity contribution in [1.82, 2.24) is 10.6 Å². The Bertz CT molecular complexity index is 529. The van der Waals surface area contributed by atoms with Crippen LogP contribution in [0.2, 0.25) is 0 Å². The van der Waals surface area contributed by atoms with Crippen LogP contribution in [-0.2, 0) is 0 Å². The Kier molecular flexibility index (Phi) is 5.29. The zero-order valence-corrected chi connectivity index (χ0v) is 13.9. The summed E-state index contributed by atoms with van der Waals surface area (Å²) in [5, 5.41) is 6.51. The van der Waals surface area contributed by atoms with E-state index in [4.69, 9.17) is 9.47 Å². The van der Waals surface area contributed by atoms with E-state index >= 15 is 0 Å². The van der Waals surface area contributed by atoms with Crippen molar-refractivity contribution in [2.75, 3.05) is 27.3 Å². The summed E-state index contributed by atoms with van der Waals surface area (Å²) in [6.07, 6.45) is 2.37. The fourth-order valence-corrected chi connectivity index (χ4v) is 2.89. The number of amides is 1. The van der Waals surface area contributed by atoms with Crippen molar-refractivity contribution in [2.45, 2.75) is 32.7 Å². The first-order valence-corrected chi connectivity index (χ1v) is 7.71. The van der Waals surface area contributed by atoms with E-state index in [2.05, 4.69) is 24.5 Å². The molecule has 0 bridgehead atoms. The summed E-state index contributed by atoms with van der Waals surface area (Å²) in [5.41, 5.74) is 0.773. The van der Waals surface area contributed by atoms with Crippen molar-refractivity contribution < 1.29 is 14.3 Å². The topological polar surface area (TPSA) is 59.6 Å². The van der Waals surface area contributed by atoms with Crippen LogP contribution in [0.15, 0.2) is 18.2 Å². The molecule has 2 rings (SSSR count). The molecule has 5 nitrogen and oxygen atoms in total. The Morgan fingerprint density at radius 1 is 1.32 bits per heavy atom. The molecule has 0 aliphatic carbocycles. The molecule has 1 aliphatic heterocycles. The molecular formula is C17H26N2O3. The molecule has 2 N–H and O–H groups in total. The third-order valence-electron chi connectivity index (χ3n) is 4.44. The summed E-state index contributed by atoms with van der Waals surface area (Å²) in [7, 11) is 3.14. The van der Waals surface area contributed by atoms with Gasteiger partial charge in [0.05, 0.1) is 14.2 Å². The molecule has 1 amide bonds. The Hall–Kier alpha value is -1.75. The largest absolute Gasteiger partial charge is 0.493 e. The highest BCUT2D eigenvalue weighted by Crippen LogP contribution is 2.30. The molecule has 1 fully saturated rings. The van der Waals surface area contributed by atoms with Crippen LogP contribution < -0.4 is 20.1 Å². The fraction of sp³-hybridized carbons (Fsp3) is 0.588. The zero-order chi connectivity index (χ0) is 16.2. The molecule has 22 heavy (non-hydrogen) atoms. The Morgan fingerprint density at radius 3 is 2.68 bits per heavy atom. The SMILES string of the molecule is COc1ccc(C(=O)NCC2NCCCC2(C)C)cc1OC. The van der Waals surface area contributed by atoms with Crippen LogP contribution in [0.1, 0.15) is 37.0 Å². The normalized spacial score (nSPS) is 20.3. The quantitative estimate of drug-likeness (QED) is 0.875. The molecule has 1 heterocycles. The number of benzene rings is 1. The van der Waals surface area contributed by atoms with Crippen molar-refractivity contribution in [3.63, 3.8) is 0 Å². The molecular weight excluding hydrogens is 280 g/mol. The lowest BCUT2D eigenvalue weighted by atomic mass is 9.77. The van der Waals surface area contributed by atoms with Crippen LogP contribution in [0.4, 0.5) is 0 Å². The highest BCUT2D eigenvalue weighted by atomic mass is 16.5. The number of methoxy groups -OCH3 is 2. The van der Waals surface area contributed by atoms with Gasteiger partial charge in [0.15, 0.2) is 11.5 Å². The average Bonchev–Trinajstić information content (AvgIpc) is 2.52. The van der Waals surface area contributed by atoms with Gasteiger partial charge in [-0.15, -0.1) is 0 Å². The smallest absolute Gasteiger partial charge is 0.251 e. The second-order valence-electron chi connectivity index (χ2n) is 6.38. The van der Waals surface area contributed by atoms with Crippen LogP contribution >= 0.6 is 0 Å². The van der Waals surface area contributed by atoms with E-state index in [-0.39, 0.29) is 11.3 Å². The van der Waals surface area contributed by atoms with Crippen LogP contribution in [0.3, 0.4) is 0 Å². The lowest BCUT2D eigenvalue weighted by molar-refractivity contribution is 0.0928. The molecule has 0 radical (unpaired) electrons. The molecule has 0 spiro atoms. The first-order chi connectivity index (χ1) is 10.5. The van der Waals surface area contributed by atoms with Gasteiger partial charge in [0.25, 0.3) is 5.91 Å². The first kappa shape index (κ1) is 16.6. The molecule has 1 saturated heterocycles. The van der Waals surface area contributed by atoms with E-state index in [1.807, 2.05) is 0 Å². The van der Waals surface area contributed by atoms with Gasteiger partial charge in [-0.1, -0.05) is 13.8 Å². The number of carbonyl (C=O) groups is 1. The van der Waals surface area contributed by atoms with Crippen LogP contribution in [0.5, 0.6) is 11.5 Å². The molecule has 0 saturated carbocycles. The van der Waals surface area contributed by atoms with E-state index in [1.54, 1.807) is 32.4 Å². The van der Waals surface area contributed by atoms with Crippen LogP contribution in [-0.4, -0.2) is 39.3 Å². The van der Waals surface area contributed by atoms with Gasteiger partial charge in [0, 0.05) is 18.2 Å². The number of carbonyl (C=O) groups excluding carboxylic acids is 1. The van der Waals surface area contributed by atoms with Gasteiger partial charge >= 0.3 is 0 Å². The lowest BCUT2D eigenvalue weighted by Gasteiger charge is -2.39.